The Morgan fingerprint density at radius 2 is 2.00 bits per heavy atom. The molecule has 0 amide bonds. The molecule has 1 saturated carbocycles. The Kier molecular flexibility index (Phi) is 5.91. The summed E-state index contributed by atoms with van der Waals surface area (Å²) in [5, 5.41) is 0. The van der Waals surface area contributed by atoms with Crippen LogP contribution in [0.2, 0.25) is 0 Å². The fraction of sp³-hybridized carbons (Fsp3) is 0.647. The van der Waals surface area contributed by atoms with Crippen LogP contribution in [0.3, 0.4) is 0 Å². The molecular formula is C17H26BrNO. The van der Waals surface area contributed by atoms with Crippen molar-refractivity contribution in [2.45, 2.75) is 58.4 Å². The summed E-state index contributed by atoms with van der Waals surface area (Å²) in [6.45, 7) is 5.02. The lowest BCUT2D eigenvalue weighted by Gasteiger charge is -2.23. The van der Waals surface area contributed by atoms with E-state index in [4.69, 9.17) is 10.5 Å². The zero-order chi connectivity index (χ0) is 14.5. The van der Waals surface area contributed by atoms with Gasteiger partial charge in [0.25, 0.3) is 0 Å². The van der Waals surface area contributed by atoms with Gasteiger partial charge in [-0.1, -0.05) is 35.2 Å². The maximum atomic E-state index is 6.19. The van der Waals surface area contributed by atoms with Crippen molar-refractivity contribution < 1.29 is 4.74 Å². The van der Waals surface area contributed by atoms with E-state index in [1.165, 1.54) is 43.2 Å². The smallest absolute Gasteiger partial charge is 0.125 e. The second kappa shape index (κ2) is 7.46. The molecule has 3 heteroatoms. The molecule has 1 fully saturated rings. The average molecular weight is 340 g/mol. The standard InChI is InChI=1S/C17H26BrNO/c1-12-8-16(18)10-15(9-13(2)19)17(12)20-11-14-6-4-3-5-7-14/h8,10,13-14H,3-7,9,11,19H2,1-2H3. The third-order valence-corrected chi connectivity index (χ3v) is 4.50. The third kappa shape index (κ3) is 4.49. The molecule has 1 aliphatic rings. The first-order valence-corrected chi connectivity index (χ1v) is 8.53. The van der Waals surface area contributed by atoms with Gasteiger partial charge in [-0.25, -0.2) is 0 Å². The molecule has 0 aromatic heterocycles. The summed E-state index contributed by atoms with van der Waals surface area (Å²) in [7, 11) is 0. The van der Waals surface area contributed by atoms with Crippen molar-refractivity contribution in [1.82, 2.24) is 0 Å². The van der Waals surface area contributed by atoms with Gasteiger partial charge in [-0.05, 0) is 62.3 Å². The Hall–Kier alpha value is -0.540. The second-order valence-electron chi connectivity index (χ2n) is 6.21. The van der Waals surface area contributed by atoms with Gasteiger partial charge >= 0.3 is 0 Å². The van der Waals surface area contributed by atoms with Crippen LogP contribution in [-0.4, -0.2) is 12.6 Å². The molecule has 20 heavy (non-hydrogen) atoms. The number of hydrogen-bond donors (Lipinski definition) is 1. The second-order valence-corrected chi connectivity index (χ2v) is 7.12. The monoisotopic (exact) mass is 339 g/mol. The van der Waals surface area contributed by atoms with E-state index in [-0.39, 0.29) is 6.04 Å². The molecule has 112 valence electrons. The van der Waals surface area contributed by atoms with Crippen LogP contribution in [0, 0.1) is 12.8 Å². The van der Waals surface area contributed by atoms with Crippen LogP contribution in [0.15, 0.2) is 16.6 Å². The van der Waals surface area contributed by atoms with Crippen molar-refractivity contribution in [3.63, 3.8) is 0 Å². The molecule has 1 atom stereocenters. The first kappa shape index (κ1) is 15.8. The van der Waals surface area contributed by atoms with Gasteiger partial charge in [-0.2, -0.15) is 0 Å². The number of nitrogens with two attached hydrogens (primary N) is 1. The maximum Gasteiger partial charge on any atom is 0.125 e. The van der Waals surface area contributed by atoms with Gasteiger partial charge in [0.15, 0.2) is 0 Å². The van der Waals surface area contributed by atoms with Gasteiger partial charge in [-0.3, -0.25) is 0 Å². The van der Waals surface area contributed by atoms with Gasteiger partial charge in [-0.15, -0.1) is 0 Å². The molecular weight excluding hydrogens is 314 g/mol. The van der Waals surface area contributed by atoms with E-state index in [2.05, 4.69) is 35.0 Å². The summed E-state index contributed by atoms with van der Waals surface area (Å²) in [6.07, 6.45) is 7.61. The average Bonchev–Trinajstić information content (AvgIpc) is 2.38. The highest BCUT2D eigenvalue weighted by molar-refractivity contribution is 9.10. The van der Waals surface area contributed by atoms with Crippen LogP contribution < -0.4 is 10.5 Å². The number of hydrogen-bond acceptors (Lipinski definition) is 2. The largest absolute Gasteiger partial charge is 0.493 e. The number of ether oxygens (including phenoxy) is 1. The van der Waals surface area contributed by atoms with Crippen LogP contribution >= 0.6 is 15.9 Å². The minimum Gasteiger partial charge on any atom is -0.493 e. The van der Waals surface area contributed by atoms with Gasteiger partial charge in [0, 0.05) is 10.5 Å². The number of rotatable bonds is 5. The van der Waals surface area contributed by atoms with Crippen molar-refractivity contribution >= 4 is 15.9 Å². The fourth-order valence-electron chi connectivity index (χ4n) is 3.06. The van der Waals surface area contributed by atoms with Crippen molar-refractivity contribution in [3.8, 4) is 5.75 Å². The summed E-state index contributed by atoms with van der Waals surface area (Å²) in [5.41, 5.74) is 8.39. The van der Waals surface area contributed by atoms with Crippen LogP contribution in [0.25, 0.3) is 0 Å². The molecule has 1 unspecified atom stereocenters. The van der Waals surface area contributed by atoms with Crippen molar-refractivity contribution in [2.75, 3.05) is 6.61 Å². The molecule has 2 rings (SSSR count). The molecule has 1 aliphatic carbocycles. The SMILES string of the molecule is Cc1cc(Br)cc(CC(C)N)c1OCC1CCCCC1. The summed E-state index contributed by atoms with van der Waals surface area (Å²) >= 11 is 3.57. The van der Waals surface area contributed by atoms with E-state index in [0.29, 0.717) is 0 Å². The fourth-order valence-corrected chi connectivity index (χ4v) is 3.68. The molecule has 0 saturated heterocycles. The van der Waals surface area contributed by atoms with Gasteiger partial charge in [0.1, 0.15) is 5.75 Å². The van der Waals surface area contributed by atoms with Gasteiger partial charge in [0.05, 0.1) is 6.61 Å². The lowest BCUT2D eigenvalue weighted by atomic mass is 9.90. The van der Waals surface area contributed by atoms with E-state index in [1.54, 1.807) is 0 Å². The quantitative estimate of drug-likeness (QED) is 0.850. The summed E-state index contributed by atoms with van der Waals surface area (Å²) in [5.74, 6) is 1.78. The Morgan fingerprint density at radius 1 is 1.30 bits per heavy atom. The zero-order valence-electron chi connectivity index (χ0n) is 12.6. The summed E-state index contributed by atoms with van der Waals surface area (Å²) in [4.78, 5) is 0. The highest BCUT2D eigenvalue weighted by atomic mass is 79.9. The first-order valence-electron chi connectivity index (χ1n) is 7.73. The van der Waals surface area contributed by atoms with Crippen LogP contribution in [0.5, 0.6) is 5.75 Å². The van der Waals surface area contributed by atoms with E-state index in [9.17, 15) is 0 Å². The molecule has 0 aliphatic heterocycles. The number of benzene rings is 1. The maximum absolute atomic E-state index is 6.19. The molecule has 0 radical (unpaired) electrons. The van der Waals surface area contributed by atoms with E-state index in [0.717, 1.165) is 29.2 Å². The lowest BCUT2D eigenvalue weighted by Crippen LogP contribution is -2.20. The van der Waals surface area contributed by atoms with Gasteiger partial charge < -0.3 is 10.5 Å². The Bertz CT molecular complexity index is 439. The van der Waals surface area contributed by atoms with Gasteiger partial charge in [0.2, 0.25) is 0 Å². The highest BCUT2D eigenvalue weighted by Crippen LogP contribution is 2.31. The molecule has 2 nitrogen and oxygen atoms in total. The van der Waals surface area contributed by atoms with Crippen molar-refractivity contribution in [2.24, 2.45) is 11.7 Å². The highest BCUT2D eigenvalue weighted by Gasteiger charge is 2.16. The topological polar surface area (TPSA) is 35.2 Å². The minimum atomic E-state index is 0.153. The normalized spacial score (nSPS) is 18.0. The van der Waals surface area contributed by atoms with E-state index < -0.39 is 0 Å². The summed E-state index contributed by atoms with van der Waals surface area (Å²) < 4.78 is 7.29. The van der Waals surface area contributed by atoms with Crippen LogP contribution in [-0.2, 0) is 6.42 Å². The van der Waals surface area contributed by atoms with E-state index in [1.807, 2.05) is 6.92 Å². The Balaban J connectivity index is 2.08. The van der Waals surface area contributed by atoms with Crippen molar-refractivity contribution in [1.29, 1.82) is 0 Å². The summed E-state index contributed by atoms with van der Waals surface area (Å²) in [6, 6.07) is 4.42. The predicted molar refractivity (Wildman–Crippen MR) is 88.3 cm³/mol. The molecule has 0 spiro atoms. The Labute approximate surface area is 131 Å². The van der Waals surface area contributed by atoms with E-state index >= 15 is 0 Å². The molecule has 1 aromatic carbocycles. The van der Waals surface area contributed by atoms with Crippen LogP contribution in [0.4, 0.5) is 0 Å². The van der Waals surface area contributed by atoms with Crippen LogP contribution in [0.1, 0.15) is 50.2 Å². The third-order valence-electron chi connectivity index (χ3n) is 4.05. The molecule has 1 aromatic rings. The minimum absolute atomic E-state index is 0.153. The zero-order valence-corrected chi connectivity index (χ0v) is 14.2. The molecule has 0 bridgehead atoms. The lowest BCUT2D eigenvalue weighted by molar-refractivity contribution is 0.206. The number of halogens is 1. The molecule has 2 N–H and O–H groups in total. The predicted octanol–water partition coefficient (Wildman–Crippen LogP) is 4.61. The van der Waals surface area contributed by atoms with Crippen molar-refractivity contribution in [3.05, 3.63) is 27.7 Å². The number of aryl methyl sites for hydroxylation is 1. The molecule has 0 heterocycles. The first-order chi connectivity index (χ1) is 9.56. The Morgan fingerprint density at radius 3 is 2.65 bits per heavy atom.